The Morgan fingerprint density at radius 1 is 1.40 bits per heavy atom. The molecule has 0 spiro atoms. The number of rotatable bonds is 5. The van der Waals surface area contributed by atoms with E-state index in [0.29, 0.717) is 5.75 Å². The van der Waals surface area contributed by atoms with Crippen LogP contribution in [0.2, 0.25) is 0 Å². The Bertz CT molecular complexity index is 638. The van der Waals surface area contributed by atoms with Crippen LogP contribution in [0.4, 0.5) is 0 Å². The van der Waals surface area contributed by atoms with Gasteiger partial charge >= 0.3 is 11.8 Å². The van der Waals surface area contributed by atoms with Gasteiger partial charge in [0, 0.05) is 7.05 Å². The van der Waals surface area contributed by atoms with Gasteiger partial charge in [0.2, 0.25) is 5.82 Å². The van der Waals surface area contributed by atoms with Crippen LogP contribution in [0.1, 0.15) is 26.9 Å². The summed E-state index contributed by atoms with van der Waals surface area (Å²) in [5.74, 6) is -0.746. The van der Waals surface area contributed by atoms with Gasteiger partial charge in [-0.25, -0.2) is 0 Å². The van der Waals surface area contributed by atoms with Crippen LogP contribution in [-0.2, 0) is 6.61 Å². The van der Waals surface area contributed by atoms with Crippen molar-refractivity contribution in [2.75, 3.05) is 7.05 Å². The fourth-order valence-electron chi connectivity index (χ4n) is 1.45. The number of primary amides is 1. The summed E-state index contributed by atoms with van der Waals surface area (Å²) in [6, 6.07) is 6.52. The molecule has 0 aliphatic rings. The van der Waals surface area contributed by atoms with Gasteiger partial charge in [0.1, 0.15) is 5.75 Å². The van der Waals surface area contributed by atoms with Crippen molar-refractivity contribution in [2.45, 2.75) is 6.61 Å². The largest absolute Gasteiger partial charge is 0.485 e. The Labute approximate surface area is 113 Å². The van der Waals surface area contributed by atoms with E-state index in [9.17, 15) is 9.59 Å². The van der Waals surface area contributed by atoms with Crippen molar-refractivity contribution < 1.29 is 18.8 Å². The maximum absolute atomic E-state index is 11.2. The van der Waals surface area contributed by atoms with Crippen LogP contribution in [0.3, 0.4) is 0 Å². The number of amides is 2. The molecular weight excluding hydrogens is 264 g/mol. The van der Waals surface area contributed by atoms with Crippen LogP contribution in [-0.4, -0.2) is 29.0 Å². The number of hydrogen-bond donors (Lipinski definition) is 2. The molecule has 0 saturated carbocycles. The summed E-state index contributed by atoms with van der Waals surface area (Å²) < 4.78 is 10.1. The van der Waals surface area contributed by atoms with Crippen LogP contribution >= 0.6 is 0 Å². The molecule has 0 bridgehead atoms. The standard InChI is InChI=1S/C12H12N4O4/c1-14-11(18)12-15-9(16-20-12)6-19-8-5-3-2-4-7(8)10(13)17/h2-5H,6H2,1H3,(H2,13,17)(H,14,18). The van der Waals surface area contributed by atoms with E-state index in [0.717, 1.165) is 0 Å². The molecule has 0 unspecified atom stereocenters. The highest BCUT2D eigenvalue weighted by atomic mass is 16.5. The number of carbonyl (C=O) groups excluding carboxylic acids is 2. The second kappa shape index (κ2) is 5.83. The fourth-order valence-corrected chi connectivity index (χ4v) is 1.45. The monoisotopic (exact) mass is 276 g/mol. The summed E-state index contributed by atoms with van der Waals surface area (Å²) in [4.78, 5) is 26.3. The van der Waals surface area contributed by atoms with E-state index in [-0.39, 0.29) is 23.9 Å². The number of nitrogens with zero attached hydrogens (tertiary/aromatic N) is 2. The Kier molecular flexibility index (Phi) is 3.94. The van der Waals surface area contributed by atoms with E-state index in [1.54, 1.807) is 24.3 Å². The third kappa shape index (κ3) is 2.91. The Balaban J connectivity index is 2.07. The molecule has 20 heavy (non-hydrogen) atoms. The molecule has 1 aromatic heterocycles. The highest BCUT2D eigenvalue weighted by Crippen LogP contribution is 2.18. The highest BCUT2D eigenvalue weighted by molar-refractivity contribution is 5.95. The van der Waals surface area contributed by atoms with Crippen LogP contribution in [0.25, 0.3) is 0 Å². The zero-order valence-electron chi connectivity index (χ0n) is 10.6. The van der Waals surface area contributed by atoms with Crippen molar-refractivity contribution in [3.05, 3.63) is 41.5 Å². The van der Waals surface area contributed by atoms with Crippen molar-refractivity contribution in [1.29, 1.82) is 0 Å². The summed E-state index contributed by atoms with van der Waals surface area (Å²) in [5, 5.41) is 5.94. The van der Waals surface area contributed by atoms with Crippen molar-refractivity contribution in [3.8, 4) is 5.75 Å². The minimum Gasteiger partial charge on any atom is -0.485 e. The lowest BCUT2D eigenvalue weighted by Crippen LogP contribution is -2.18. The Hall–Kier alpha value is -2.90. The number of nitrogens with one attached hydrogen (secondary N) is 1. The van der Waals surface area contributed by atoms with E-state index in [2.05, 4.69) is 15.5 Å². The molecular formula is C12H12N4O4. The molecule has 2 rings (SSSR count). The molecule has 1 heterocycles. The number of aromatic nitrogens is 2. The number of para-hydroxylation sites is 1. The van der Waals surface area contributed by atoms with Crippen LogP contribution in [0.15, 0.2) is 28.8 Å². The van der Waals surface area contributed by atoms with Gasteiger partial charge in [0.05, 0.1) is 5.56 Å². The Morgan fingerprint density at radius 3 is 2.85 bits per heavy atom. The SMILES string of the molecule is CNC(=O)c1nc(COc2ccccc2C(N)=O)no1. The topological polar surface area (TPSA) is 120 Å². The lowest BCUT2D eigenvalue weighted by Gasteiger charge is -2.06. The number of nitrogens with two attached hydrogens (primary N) is 1. The lowest BCUT2D eigenvalue weighted by molar-refractivity contribution is 0.0918. The van der Waals surface area contributed by atoms with Crippen molar-refractivity contribution in [3.63, 3.8) is 0 Å². The third-order valence-corrected chi connectivity index (χ3v) is 2.40. The first-order valence-electron chi connectivity index (χ1n) is 5.68. The maximum atomic E-state index is 11.2. The first kappa shape index (κ1) is 13.5. The predicted octanol–water partition coefficient (Wildman–Crippen LogP) is 0.107. The number of carbonyl (C=O) groups is 2. The van der Waals surface area contributed by atoms with Crippen LogP contribution < -0.4 is 15.8 Å². The maximum Gasteiger partial charge on any atom is 0.316 e. The molecule has 8 nitrogen and oxygen atoms in total. The summed E-state index contributed by atoms with van der Waals surface area (Å²) in [7, 11) is 1.45. The van der Waals surface area contributed by atoms with E-state index in [1.807, 2.05) is 0 Å². The van der Waals surface area contributed by atoms with E-state index in [1.165, 1.54) is 7.05 Å². The van der Waals surface area contributed by atoms with Gasteiger partial charge in [-0.2, -0.15) is 4.98 Å². The van der Waals surface area contributed by atoms with E-state index in [4.69, 9.17) is 15.0 Å². The first-order chi connectivity index (χ1) is 9.61. The lowest BCUT2D eigenvalue weighted by atomic mass is 10.2. The summed E-state index contributed by atoms with van der Waals surface area (Å²) in [6.45, 7) is -0.0508. The van der Waals surface area contributed by atoms with Gasteiger partial charge in [-0.1, -0.05) is 17.3 Å². The molecule has 0 aliphatic heterocycles. The summed E-state index contributed by atoms with van der Waals surface area (Å²) in [6.07, 6.45) is 0. The molecule has 3 N–H and O–H groups in total. The third-order valence-electron chi connectivity index (χ3n) is 2.40. The number of hydrogen-bond acceptors (Lipinski definition) is 6. The van der Waals surface area contributed by atoms with Gasteiger partial charge in [-0.05, 0) is 12.1 Å². The molecule has 104 valence electrons. The predicted molar refractivity (Wildman–Crippen MR) is 67.0 cm³/mol. The fraction of sp³-hybridized carbons (Fsp3) is 0.167. The number of benzene rings is 1. The normalized spacial score (nSPS) is 10.1. The minimum absolute atomic E-state index is 0.0508. The molecule has 0 atom stereocenters. The molecule has 0 aliphatic carbocycles. The minimum atomic E-state index is -0.597. The van der Waals surface area contributed by atoms with Crippen molar-refractivity contribution in [1.82, 2.24) is 15.5 Å². The van der Waals surface area contributed by atoms with Gasteiger partial charge in [0.25, 0.3) is 5.91 Å². The molecule has 1 aromatic carbocycles. The molecule has 2 aromatic rings. The van der Waals surface area contributed by atoms with Gasteiger partial charge < -0.3 is 20.3 Å². The molecule has 0 fully saturated rings. The van der Waals surface area contributed by atoms with Crippen LogP contribution in [0.5, 0.6) is 5.75 Å². The molecule has 0 radical (unpaired) electrons. The summed E-state index contributed by atoms with van der Waals surface area (Å²) >= 11 is 0. The smallest absolute Gasteiger partial charge is 0.316 e. The second-order valence-corrected chi connectivity index (χ2v) is 3.74. The van der Waals surface area contributed by atoms with Crippen molar-refractivity contribution >= 4 is 11.8 Å². The van der Waals surface area contributed by atoms with Gasteiger partial charge in [-0.15, -0.1) is 0 Å². The van der Waals surface area contributed by atoms with Gasteiger partial charge in [-0.3, -0.25) is 9.59 Å². The zero-order chi connectivity index (χ0) is 14.5. The van der Waals surface area contributed by atoms with Gasteiger partial charge in [0.15, 0.2) is 6.61 Å². The Morgan fingerprint density at radius 2 is 2.15 bits per heavy atom. The first-order valence-corrected chi connectivity index (χ1v) is 5.68. The van der Waals surface area contributed by atoms with Crippen LogP contribution in [0, 0.1) is 0 Å². The summed E-state index contributed by atoms with van der Waals surface area (Å²) in [5.41, 5.74) is 5.48. The molecule has 0 saturated heterocycles. The number of ether oxygens (including phenoxy) is 1. The quantitative estimate of drug-likeness (QED) is 0.799. The van der Waals surface area contributed by atoms with E-state index >= 15 is 0 Å². The average Bonchev–Trinajstić information content (AvgIpc) is 2.93. The van der Waals surface area contributed by atoms with E-state index < -0.39 is 11.8 Å². The second-order valence-electron chi connectivity index (χ2n) is 3.74. The zero-order valence-corrected chi connectivity index (χ0v) is 10.6. The molecule has 2 amide bonds. The highest BCUT2D eigenvalue weighted by Gasteiger charge is 2.14. The average molecular weight is 276 g/mol. The molecule has 8 heteroatoms. The van der Waals surface area contributed by atoms with Crippen molar-refractivity contribution in [2.24, 2.45) is 5.73 Å².